The van der Waals surface area contributed by atoms with E-state index in [0.29, 0.717) is 0 Å². The fourth-order valence-electron chi connectivity index (χ4n) is 0.314. The second-order valence-corrected chi connectivity index (χ2v) is 2.13. The Bertz CT molecular complexity index is 135. The predicted octanol–water partition coefficient (Wildman–Crippen LogP) is -6.16. The molecule has 0 aliphatic rings. The Balaban J connectivity index is 0. The van der Waals surface area contributed by atoms with E-state index >= 15 is 0 Å². The fraction of sp³-hybridized carbons (Fsp3) is 0.800. The summed E-state index contributed by atoms with van der Waals surface area (Å²) in [4.78, 5) is 9.99. The summed E-state index contributed by atoms with van der Waals surface area (Å²) >= 11 is 0. The smallest absolute Gasteiger partial charge is 0.547 e. The number of carbonyl (C=O) groups excluding carboxylic acids is 1. The molecule has 0 aromatic carbocycles. The molecule has 0 unspecified atom stereocenters. The number of hydrogen-bond acceptors (Lipinski definition) is 5. The van der Waals surface area contributed by atoms with Gasteiger partial charge in [0.2, 0.25) is 0 Å². The molecular weight excluding hydrogens is 179 g/mol. The van der Waals surface area contributed by atoms with Crippen LogP contribution in [0.4, 0.5) is 0 Å². The summed E-state index contributed by atoms with van der Waals surface area (Å²) in [5.74, 6) is -1.81. The molecule has 0 aromatic heterocycles. The second kappa shape index (κ2) is 5.60. The number of carbonyl (C=O) groups is 1. The molecule has 5 nitrogen and oxygen atoms in total. The zero-order valence-electron chi connectivity index (χ0n) is 6.44. The SMILES string of the molecule is C[C@](O)(C(=O)[O-])[C@H](O)CO.[K+]. The van der Waals surface area contributed by atoms with E-state index in [1.807, 2.05) is 0 Å². The third-order valence-electron chi connectivity index (χ3n) is 1.24. The number of rotatable bonds is 3. The molecule has 0 saturated carbocycles. The number of aliphatic carboxylic acids is 1. The van der Waals surface area contributed by atoms with Crippen LogP contribution in [0.25, 0.3) is 0 Å². The summed E-state index contributed by atoms with van der Waals surface area (Å²) in [6.07, 6.45) is -1.71. The van der Waals surface area contributed by atoms with Crippen molar-refractivity contribution in [3.05, 3.63) is 0 Å². The number of hydrogen-bond donors (Lipinski definition) is 3. The minimum absolute atomic E-state index is 0. The minimum atomic E-state index is -2.38. The van der Waals surface area contributed by atoms with E-state index in [-0.39, 0.29) is 51.4 Å². The van der Waals surface area contributed by atoms with Crippen LogP contribution in [0.3, 0.4) is 0 Å². The van der Waals surface area contributed by atoms with Crippen LogP contribution in [0, 0.1) is 0 Å². The van der Waals surface area contributed by atoms with Crippen LogP contribution >= 0.6 is 0 Å². The number of aliphatic hydroxyl groups excluding tert-OH is 2. The molecule has 0 heterocycles. The Labute approximate surface area is 106 Å². The van der Waals surface area contributed by atoms with Crippen molar-refractivity contribution in [2.75, 3.05) is 6.61 Å². The summed E-state index contributed by atoms with van der Waals surface area (Å²) in [5.41, 5.74) is -2.38. The van der Waals surface area contributed by atoms with Gasteiger partial charge in [-0.3, -0.25) is 0 Å². The molecule has 0 aliphatic heterocycles. The van der Waals surface area contributed by atoms with E-state index in [2.05, 4.69) is 0 Å². The van der Waals surface area contributed by atoms with Gasteiger partial charge in [-0.1, -0.05) is 0 Å². The average molecular weight is 188 g/mol. The maximum absolute atomic E-state index is 9.99. The van der Waals surface area contributed by atoms with Gasteiger partial charge in [0.1, 0.15) is 11.7 Å². The maximum atomic E-state index is 9.99. The first-order chi connectivity index (χ1) is 4.42. The number of carboxylic acid groups (broad SMARTS) is 1. The number of carboxylic acids is 1. The first kappa shape index (κ1) is 14.5. The Kier molecular flexibility index (Phi) is 7.39. The van der Waals surface area contributed by atoms with Crippen LogP contribution < -0.4 is 56.5 Å². The molecule has 0 radical (unpaired) electrons. The molecule has 0 bridgehead atoms. The standard InChI is InChI=1S/C5H10O5.K/c1-5(10,4(8)9)3(7)2-6;/h3,6-7,10H,2H2,1H3,(H,8,9);/q;+1/p-1/t3-,5-;/m1./s1. The van der Waals surface area contributed by atoms with Gasteiger partial charge >= 0.3 is 51.4 Å². The van der Waals surface area contributed by atoms with Crippen LogP contribution in [0.5, 0.6) is 0 Å². The van der Waals surface area contributed by atoms with Gasteiger partial charge in [0.15, 0.2) is 0 Å². The Morgan fingerprint density at radius 2 is 2.09 bits per heavy atom. The molecule has 3 N–H and O–H groups in total. The van der Waals surface area contributed by atoms with E-state index in [1.165, 1.54) is 0 Å². The first-order valence-corrected chi connectivity index (χ1v) is 2.65. The summed E-state index contributed by atoms with van der Waals surface area (Å²) in [5, 5.41) is 35.6. The molecule has 11 heavy (non-hydrogen) atoms. The summed E-state index contributed by atoms with van der Waals surface area (Å²) < 4.78 is 0. The zero-order chi connectivity index (χ0) is 8.36. The minimum Gasteiger partial charge on any atom is -0.547 e. The van der Waals surface area contributed by atoms with E-state index < -0.39 is 24.3 Å². The Morgan fingerprint density at radius 1 is 1.73 bits per heavy atom. The molecule has 0 saturated heterocycles. The average Bonchev–Trinajstić information content (AvgIpc) is 1.86. The monoisotopic (exact) mass is 188 g/mol. The van der Waals surface area contributed by atoms with Crippen molar-refractivity contribution >= 4 is 5.97 Å². The molecule has 0 aliphatic carbocycles. The van der Waals surface area contributed by atoms with Crippen LogP contribution in [-0.4, -0.2) is 39.6 Å². The van der Waals surface area contributed by atoms with Crippen molar-refractivity contribution in [3.63, 3.8) is 0 Å². The largest absolute Gasteiger partial charge is 1.00 e. The van der Waals surface area contributed by atoms with Crippen LogP contribution in [-0.2, 0) is 4.79 Å². The van der Waals surface area contributed by atoms with Gasteiger partial charge in [-0.2, -0.15) is 0 Å². The zero-order valence-corrected chi connectivity index (χ0v) is 9.57. The molecule has 0 aromatic rings. The molecule has 2 atom stereocenters. The van der Waals surface area contributed by atoms with Gasteiger partial charge in [-0.25, -0.2) is 0 Å². The fourth-order valence-corrected chi connectivity index (χ4v) is 0.314. The Hall–Kier alpha value is 0.986. The predicted molar refractivity (Wildman–Crippen MR) is 28.7 cm³/mol. The summed E-state index contributed by atoms with van der Waals surface area (Å²) in [6.45, 7) is 0.0319. The molecular formula is C5H9KO5. The van der Waals surface area contributed by atoms with Crippen molar-refractivity contribution in [2.24, 2.45) is 0 Å². The molecule has 0 rings (SSSR count). The van der Waals surface area contributed by atoms with Gasteiger partial charge in [0, 0.05) is 0 Å². The van der Waals surface area contributed by atoms with Gasteiger partial charge < -0.3 is 25.2 Å². The van der Waals surface area contributed by atoms with Crippen molar-refractivity contribution in [1.82, 2.24) is 0 Å². The van der Waals surface area contributed by atoms with E-state index in [1.54, 1.807) is 0 Å². The van der Waals surface area contributed by atoms with Gasteiger partial charge in [-0.05, 0) is 6.92 Å². The topological polar surface area (TPSA) is 101 Å². The van der Waals surface area contributed by atoms with E-state index in [4.69, 9.17) is 15.3 Å². The first-order valence-electron chi connectivity index (χ1n) is 2.65. The normalized spacial score (nSPS) is 17.8. The van der Waals surface area contributed by atoms with Crippen molar-refractivity contribution in [1.29, 1.82) is 0 Å². The summed E-state index contributed by atoms with van der Waals surface area (Å²) in [6, 6.07) is 0. The summed E-state index contributed by atoms with van der Waals surface area (Å²) in [7, 11) is 0. The van der Waals surface area contributed by atoms with Crippen molar-refractivity contribution < 1.29 is 76.6 Å². The number of aliphatic hydroxyl groups is 3. The Morgan fingerprint density at radius 3 is 2.18 bits per heavy atom. The quantitative estimate of drug-likeness (QED) is 0.383. The van der Waals surface area contributed by atoms with Crippen LogP contribution in [0.15, 0.2) is 0 Å². The molecule has 0 spiro atoms. The van der Waals surface area contributed by atoms with Crippen LogP contribution in [0.2, 0.25) is 0 Å². The van der Waals surface area contributed by atoms with E-state index in [9.17, 15) is 9.90 Å². The van der Waals surface area contributed by atoms with Crippen molar-refractivity contribution in [2.45, 2.75) is 18.6 Å². The third-order valence-corrected chi connectivity index (χ3v) is 1.24. The van der Waals surface area contributed by atoms with Gasteiger partial charge in [0.05, 0.1) is 12.6 Å². The van der Waals surface area contributed by atoms with Crippen molar-refractivity contribution in [3.8, 4) is 0 Å². The molecule has 6 heteroatoms. The van der Waals surface area contributed by atoms with Gasteiger partial charge in [-0.15, -0.1) is 0 Å². The molecule has 0 amide bonds. The second-order valence-electron chi connectivity index (χ2n) is 2.13. The molecule has 0 fully saturated rings. The van der Waals surface area contributed by atoms with Gasteiger partial charge in [0.25, 0.3) is 0 Å². The maximum Gasteiger partial charge on any atom is 1.00 e. The third kappa shape index (κ3) is 3.95. The van der Waals surface area contributed by atoms with Crippen LogP contribution in [0.1, 0.15) is 6.92 Å². The molecule has 60 valence electrons. The van der Waals surface area contributed by atoms with E-state index in [0.717, 1.165) is 6.92 Å².